The molecule has 0 aromatic heterocycles. The molecule has 3 rings (SSSR count). The first-order chi connectivity index (χ1) is 13.2. The molecule has 0 radical (unpaired) electrons. The van der Waals surface area contributed by atoms with Gasteiger partial charge in [-0.05, 0) is 47.9 Å². The third-order valence-electron chi connectivity index (χ3n) is 4.52. The van der Waals surface area contributed by atoms with Crippen molar-refractivity contribution >= 4 is 10.8 Å². The molecule has 0 bridgehead atoms. The molecule has 3 aromatic rings. The van der Waals surface area contributed by atoms with Crippen LogP contribution in [-0.2, 0) is 6.54 Å². The molecule has 3 aromatic carbocycles. The van der Waals surface area contributed by atoms with Gasteiger partial charge in [0.15, 0.2) is 11.5 Å². The van der Waals surface area contributed by atoms with Crippen molar-refractivity contribution in [2.75, 3.05) is 13.2 Å². The van der Waals surface area contributed by atoms with Crippen molar-refractivity contribution in [1.82, 2.24) is 5.32 Å². The van der Waals surface area contributed by atoms with E-state index in [4.69, 9.17) is 15.9 Å². The molecule has 138 valence electrons. The normalized spacial score (nSPS) is 11.7. The van der Waals surface area contributed by atoms with Crippen LogP contribution in [0.15, 0.2) is 60.7 Å². The SMILES string of the molecule is C#CCOc1ccc(CN[C@@H](C)c2cccc3ccccc23)cc1OCC. The molecule has 1 atom stereocenters. The maximum Gasteiger partial charge on any atom is 0.162 e. The Bertz CT molecular complexity index is 937. The molecule has 3 nitrogen and oxygen atoms in total. The van der Waals surface area contributed by atoms with Gasteiger partial charge in [-0.2, -0.15) is 0 Å². The van der Waals surface area contributed by atoms with Crippen LogP contribution < -0.4 is 14.8 Å². The summed E-state index contributed by atoms with van der Waals surface area (Å²) in [7, 11) is 0. The summed E-state index contributed by atoms with van der Waals surface area (Å²) < 4.78 is 11.3. The minimum atomic E-state index is 0.226. The van der Waals surface area contributed by atoms with E-state index in [1.54, 1.807) is 0 Å². The Hall–Kier alpha value is -2.96. The lowest BCUT2D eigenvalue weighted by Gasteiger charge is -2.18. The van der Waals surface area contributed by atoms with Crippen molar-refractivity contribution < 1.29 is 9.47 Å². The van der Waals surface area contributed by atoms with Crippen LogP contribution in [0.1, 0.15) is 31.0 Å². The third kappa shape index (κ3) is 4.61. The van der Waals surface area contributed by atoms with E-state index in [1.165, 1.54) is 16.3 Å². The Balaban J connectivity index is 1.73. The molecule has 0 saturated heterocycles. The smallest absolute Gasteiger partial charge is 0.162 e. The maximum absolute atomic E-state index is 5.70. The van der Waals surface area contributed by atoms with Gasteiger partial charge in [-0.1, -0.05) is 54.5 Å². The second-order valence-electron chi connectivity index (χ2n) is 6.38. The second-order valence-corrected chi connectivity index (χ2v) is 6.38. The van der Waals surface area contributed by atoms with Crippen LogP contribution in [0.4, 0.5) is 0 Å². The Labute approximate surface area is 161 Å². The first-order valence-electron chi connectivity index (χ1n) is 9.26. The quantitative estimate of drug-likeness (QED) is 0.568. The van der Waals surface area contributed by atoms with E-state index < -0.39 is 0 Å². The molecular formula is C24H25NO2. The first kappa shape index (κ1) is 18.8. The molecular weight excluding hydrogens is 334 g/mol. The number of benzene rings is 3. The van der Waals surface area contributed by atoms with Crippen molar-refractivity contribution in [3.63, 3.8) is 0 Å². The largest absolute Gasteiger partial charge is 0.490 e. The number of hydrogen-bond donors (Lipinski definition) is 1. The van der Waals surface area contributed by atoms with Gasteiger partial charge in [0.05, 0.1) is 6.61 Å². The van der Waals surface area contributed by atoms with Crippen LogP contribution in [0.2, 0.25) is 0 Å². The van der Waals surface area contributed by atoms with Crippen molar-refractivity contribution in [2.24, 2.45) is 0 Å². The van der Waals surface area contributed by atoms with Crippen molar-refractivity contribution in [2.45, 2.75) is 26.4 Å². The average Bonchev–Trinajstić information content (AvgIpc) is 2.71. The fourth-order valence-electron chi connectivity index (χ4n) is 3.18. The topological polar surface area (TPSA) is 30.5 Å². The van der Waals surface area contributed by atoms with Gasteiger partial charge in [0.1, 0.15) is 6.61 Å². The number of fused-ring (bicyclic) bond motifs is 1. The van der Waals surface area contributed by atoms with E-state index in [1.807, 2.05) is 25.1 Å². The summed E-state index contributed by atoms with van der Waals surface area (Å²) in [5, 5.41) is 6.16. The van der Waals surface area contributed by atoms with E-state index in [-0.39, 0.29) is 12.6 Å². The van der Waals surface area contributed by atoms with Gasteiger partial charge in [-0.25, -0.2) is 0 Å². The zero-order chi connectivity index (χ0) is 19.1. The van der Waals surface area contributed by atoms with Crippen molar-refractivity contribution in [3.8, 4) is 23.8 Å². The predicted octanol–water partition coefficient (Wildman–Crippen LogP) is 5.10. The van der Waals surface area contributed by atoms with Crippen LogP contribution >= 0.6 is 0 Å². The van der Waals surface area contributed by atoms with Gasteiger partial charge in [0, 0.05) is 12.6 Å². The van der Waals surface area contributed by atoms with Gasteiger partial charge >= 0.3 is 0 Å². The minimum Gasteiger partial charge on any atom is -0.490 e. The Kier molecular flexibility index (Phi) is 6.35. The second kappa shape index (κ2) is 9.12. The highest BCUT2D eigenvalue weighted by atomic mass is 16.5. The highest BCUT2D eigenvalue weighted by Crippen LogP contribution is 2.29. The molecule has 0 aliphatic rings. The highest BCUT2D eigenvalue weighted by molar-refractivity contribution is 5.86. The predicted molar refractivity (Wildman–Crippen MR) is 111 cm³/mol. The molecule has 0 saturated carbocycles. The van der Waals surface area contributed by atoms with Crippen molar-refractivity contribution in [3.05, 3.63) is 71.8 Å². The molecule has 0 aliphatic heterocycles. The van der Waals surface area contributed by atoms with E-state index in [0.29, 0.717) is 12.4 Å². The summed E-state index contributed by atoms with van der Waals surface area (Å²) in [5.74, 6) is 3.89. The van der Waals surface area contributed by atoms with Gasteiger partial charge in [0.25, 0.3) is 0 Å². The Morgan fingerprint density at radius 1 is 1.00 bits per heavy atom. The monoisotopic (exact) mass is 359 g/mol. The van der Waals surface area contributed by atoms with Crippen LogP contribution in [0.5, 0.6) is 11.5 Å². The minimum absolute atomic E-state index is 0.226. The van der Waals surface area contributed by atoms with Crippen LogP contribution in [0.3, 0.4) is 0 Å². The molecule has 0 heterocycles. The summed E-state index contributed by atoms with van der Waals surface area (Å²) >= 11 is 0. The van der Waals surface area contributed by atoms with Crippen LogP contribution in [0, 0.1) is 12.3 Å². The summed E-state index contributed by atoms with van der Waals surface area (Å²) in [4.78, 5) is 0. The standard InChI is InChI=1S/C24H25NO2/c1-4-15-27-23-14-13-19(16-24(23)26-5-2)17-25-18(3)21-12-8-10-20-9-6-7-11-22(20)21/h1,6-14,16,18,25H,5,15,17H2,2-3H3/t18-/m0/s1. The third-order valence-corrected chi connectivity index (χ3v) is 4.52. The van der Waals surface area contributed by atoms with E-state index >= 15 is 0 Å². The molecule has 0 spiro atoms. The lowest BCUT2D eigenvalue weighted by molar-refractivity contribution is 0.299. The zero-order valence-electron chi connectivity index (χ0n) is 15.9. The molecule has 0 amide bonds. The lowest BCUT2D eigenvalue weighted by atomic mass is 9.99. The zero-order valence-corrected chi connectivity index (χ0v) is 15.9. The molecule has 1 N–H and O–H groups in total. The van der Waals surface area contributed by atoms with E-state index in [0.717, 1.165) is 17.9 Å². The Morgan fingerprint density at radius 2 is 1.81 bits per heavy atom. The highest BCUT2D eigenvalue weighted by Gasteiger charge is 2.10. The number of hydrogen-bond acceptors (Lipinski definition) is 3. The molecule has 3 heteroatoms. The first-order valence-corrected chi connectivity index (χ1v) is 9.26. The Morgan fingerprint density at radius 3 is 2.63 bits per heavy atom. The van der Waals surface area contributed by atoms with E-state index in [2.05, 4.69) is 60.6 Å². The summed E-state index contributed by atoms with van der Waals surface area (Å²) in [6.07, 6.45) is 5.28. The maximum atomic E-state index is 5.70. The van der Waals surface area contributed by atoms with Gasteiger partial charge < -0.3 is 14.8 Å². The van der Waals surface area contributed by atoms with Crippen LogP contribution in [-0.4, -0.2) is 13.2 Å². The van der Waals surface area contributed by atoms with Gasteiger partial charge in [-0.15, -0.1) is 6.42 Å². The average molecular weight is 359 g/mol. The lowest BCUT2D eigenvalue weighted by Crippen LogP contribution is -2.18. The number of terminal acetylenes is 1. The fraction of sp³-hybridized carbons (Fsp3) is 0.250. The van der Waals surface area contributed by atoms with Crippen molar-refractivity contribution in [1.29, 1.82) is 0 Å². The number of nitrogens with one attached hydrogen (secondary N) is 1. The number of ether oxygens (including phenoxy) is 2. The van der Waals surface area contributed by atoms with E-state index in [9.17, 15) is 0 Å². The molecule has 27 heavy (non-hydrogen) atoms. The summed E-state index contributed by atoms with van der Waals surface area (Å²) in [5.41, 5.74) is 2.44. The van der Waals surface area contributed by atoms with Crippen LogP contribution in [0.25, 0.3) is 10.8 Å². The van der Waals surface area contributed by atoms with Gasteiger partial charge in [-0.3, -0.25) is 0 Å². The molecule has 0 aliphatic carbocycles. The summed E-state index contributed by atoms with van der Waals surface area (Å²) in [6, 6.07) is 21.1. The number of rotatable bonds is 8. The molecule has 0 fully saturated rings. The summed E-state index contributed by atoms with van der Waals surface area (Å²) in [6.45, 7) is 5.69. The fourth-order valence-corrected chi connectivity index (χ4v) is 3.18. The van der Waals surface area contributed by atoms with Gasteiger partial charge in [0.2, 0.25) is 0 Å². The molecule has 0 unspecified atom stereocenters.